The average molecular weight is 234 g/mol. The number of nitrogens with one attached hydrogen (secondary N) is 1. The molecule has 1 saturated heterocycles. The number of nitriles is 1. The van der Waals surface area contributed by atoms with E-state index in [0.29, 0.717) is 18.1 Å². The molecule has 2 rings (SSSR count). The van der Waals surface area contributed by atoms with E-state index in [1.54, 1.807) is 14.2 Å². The van der Waals surface area contributed by atoms with Gasteiger partial charge in [0, 0.05) is 0 Å². The van der Waals surface area contributed by atoms with Crippen LogP contribution in [0.5, 0.6) is 11.5 Å². The zero-order chi connectivity index (χ0) is 12.3. The molecule has 1 aromatic rings. The third kappa shape index (κ3) is 2.18. The minimum atomic E-state index is -0.187. The van der Waals surface area contributed by atoms with Gasteiger partial charge in [0.1, 0.15) is 0 Å². The summed E-state index contributed by atoms with van der Waals surface area (Å²) < 4.78 is 10.4. The maximum Gasteiger partial charge on any atom is 0.161 e. The van der Waals surface area contributed by atoms with Gasteiger partial charge in [0.2, 0.25) is 0 Å². The van der Waals surface area contributed by atoms with Crippen molar-refractivity contribution in [3.8, 4) is 17.6 Å². The number of hydroxylamine groups is 1. The Bertz CT molecular complexity index is 442. The predicted molar refractivity (Wildman–Crippen MR) is 60.5 cm³/mol. The van der Waals surface area contributed by atoms with Gasteiger partial charge in [-0.25, -0.2) is 0 Å². The molecule has 2 atom stereocenters. The maximum atomic E-state index is 9.00. The van der Waals surface area contributed by atoms with Gasteiger partial charge in [0.15, 0.2) is 11.5 Å². The molecule has 0 aromatic heterocycles. The lowest BCUT2D eigenvalue weighted by molar-refractivity contribution is 0.0871. The quantitative estimate of drug-likeness (QED) is 0.856. The van der Waals surface area contributed by atoms with Crippen LogP contribution in [0, 0.1) is 17.2 Å². The lowest BCUT2D eigenvalue weighted by Crippen LogP contribution is -2.16. The van der Waals surface area contributed by atoms with Crippen molar-refractivity contribution in [3.05, 3.63) is 23.8 Å². The number of methoxy groups -OCH3 is 2. The normalized spacial score (nSPS) is 23.1. The van der Waals surface area contributed by atoms with E-state index >= 15 is 0 Å². The first-order valence-corrected chi connectivity index (χ1v) is 5.29. The van der Waals surface area contributed by atoms with Gasteiger partial charge < -0.3 is 9.47 Å². The molecule has 5 heteroatoms. The van der Waals surface area contributed by atoms with Crippen LogP contribution in [0.3, 0.4) is 0 Å². The summed E-state index contributed by atoms with van der Waals surface area (Å²) in [6.07, 6.45) is 0. The summed E-state index contributed by atoms with van der Waals surface area (Å²) in [4.78, 5) is 5.10. The van der Waals surface area contributed by atoms with Crippen LogP contribution in [0.15, 0.2) is 18.2 Å². The zero-order valence-electron chi connectivity index (χ0n) is 9.77. The first kappa shape index (κ1) is 11.7. The van der Waals surface area contributed by atoms with Crippen molar-refractivity contribution in [3.63, 3.8) is 0 Å². The fourth-order valence-electron chi connectivity index (χ4n) is 1.86. The fourth-order valence-corrected chi connectivity index (χ4v) is 1.86. The lowest BCUT2D eigenvalue weighted by Gasteiger charge is -2.15. The van der Waals surface area contributed by atoms with Crippen molar-refractivity contribution >= 4 is 0 Å². The summed E-state index contributed by atoms with van der Waals surface area (Å²) in [6, 6.07) is 7.67. The Morgan fingerprint density at radius 2 is 2.12 bits per heavy atom. The number of ether oxygens (including phenoxy) is 2. The van der Waals surface area contributed by atoms with Gasteiger partial charge in [-0.2, -0.15) is 10.7 Å². The average Bonchev–Trinajstić information content (AvgIpc) is 2.86. The molecule has 1 aromatic carbocycles. The molecule has 0 spiro atoms. The Hall–Kier alpha value is -1.77. The van der Waals surface area contributed by atoms with E-state index in [4.69, 9.17) is 19.6 Å². The maximum absolute atomic E-state index is 9.00. The third-order valence-corrected chi connectivity index (χ3v) is 2.81. The minimum Gasteiger partial charge on any atom is -0.493 e. The van der Waals surface area contributed by atoms with Crippen LogP contribution in [0.1, 0.15) is 11.6 Å². The van der Waals surface area contributed by atoms with Crippen molar-refractivity contribution in [2.45, 2.75) is 6.04 Å². The van der Waals surface area contributed by atoms with Gasteiger partial charge in [-0.1, -0.05) is 6.07 Å². The molecule has 0 bridgehead atoms. The topological polar surface area (TPSA) is 63.5 Å². The molecule has 2 unspecified atom stereocenters. The van der Waals surface area contributed by atoms with Crippen molar-refractivity contribution in [2.75, 3.05) is 20.8 Å². The van der Waals surface area contributed by atoms with Crippen molar-refractivity contribution in [2.24, 2.45) is 5.92 Å². The lowest BCUT2D eigenvalue weighted by atomic mass is 9.96. The Kier molecular flexibility index (Phi) is 3.47. The molecular weight excluding hydrogens is 220 g/mol. The molecule has 1 N–H and O–H groups in total. The number of hydrogen-bond acceptors (Lipinski definition) is 5. The van der Waals surface area contributed by atoms with Crippen LogP contribution >= 0.6 is 0 Å². The third-order valence-electron chi connectivity index (χ3n) is 2.81. The monoisotopic (exact) mass is 234 g/mol. The Morgan fingerprint density at radius 1 is 1.35 bits per heavy atom. The first-order chi connectivity index (χ1) is 8.30. The molecule has 1 aliphatic heterocycles. The molecule has 1 aliphatic rings. The highest BCUT2D eigenvalue weighted by Crippen LogP contribution is 2.33. The molecule has 0 amide bonds. The summed E-state index contributed by atoms with van der Waals surface area (Å²) in [5.41, 5.74) is 3.79. The van der Waals surface area contributed by atoms with Crippen LogP contribution in [0.4, 0.5) is 0 Å². The summed E-state index contributed by atoms with van der Waals surface area (Å²) in [7, 11) is 3.18. The highest BCUT2D eigenvalue weighted by atomic mass is 16.7. The molecule has 1 heterocycles. The Balaban J connectivity index is 2.30. The summed E-state index contributed by atoms with van der Waals surface area (Å²) in [6.45, 7) is 0.398. The summed E-state index contributed by atoms with van der Waals surface area (Å²) in [5, 5.41) is 9.00. The van der Waals surface area contributed by atoms with E-state index in [1.807, 2.05) is 18.2 Å². The number of rotatable bonds is 3. The van der Waals surface area contributed by atoms with Gasteiger partial charge in [-0.15, -0.1) is 0 Å². The molecule has 0 radical (unpaired) electrons. The molecule has 0 aliphatic carbocycles. The van der Waals surface area contributed by atoms with Gasteiger partial charge in [0.05, 0.1) is 38.9 Å². The molecule has 17 heavy (non-hydrogen) atoms. The second kappa shape index (κ2) is 5.04. The number of hydrogen-bond donors (Lipinski definition) is 1. The zero-order valence-corrected chi connectivity index (χ0v) is 9.77. The van der Waals surface area contributed by atoms with Crippen LogP contribution in [-0.4, -0.2) is 20.8 Å². The fraction of sp³-hybridized carbons (Fsp3) is 0.417. The number of nitrogens with zero attached hydrogens (tertiary/aromatic N) is 1. The Morgan fingerprint density at radius 3 is 2.76 bits per heavy atom. The second-order valence-corrected chi connectivity index (χ2v) is 3.76. The van der Waals surface area contributed by atoms with E-state index in [9.17, 15) is 0 Å². The SMILES string of the molecule is COc1ccc(C2NOCC2C#N)cc1OC. The standard InChI is InChI=1S/C12H14N2O3/c1-15-10-4-3-8(5-11(10)16-2)12-9(6-13)7-17-14-12/h3-5,9,12,14H,7H2,1-2H3. The van der Waals surface area contributed by atoms with E-state index < -0.39 is 0 Å². The van der Waals surface area contributed by atoms with Crippen LogP contribution in [0.2, 0.25) is 0 Å². The highest BCUT2D eigenvalue weighted by Gasteiger charge is 2.30. The smallest absolute Gasteiger partial charge is 0.161 e. The number of benzene rings is 1. The molecule has 0 saturated carbocycles. The van der Waals surface area contributed by atoms with Crippen LogP contribution in [-0.2, 0) is 4.84 Å². The van der Waals surface area contributed by atoms with Gasteiger partial charge >= 0.3 is 0 Å². The highest BCUT2D eigenvalue weighted by molar-refractivity contribution is 5.44. The van der Waals surface area contributed by atoms with Crippen molar-refractivity contribution in [1.82, 2.24) is 5.48 Å². The van der Waals surface area contributed by atoms with Gasteiger partial charge in [-0.3, -0.25) is 4.84 Å². The van der Waals surface area contributed by atoms with Gasteiger partial charge in [0.25, 0.3) is 0 Å². The van der Waals surface area contributed by atoms with E-state index in [2.05, 4.69) is 11.5 Å². The van der Waals surface area contributed by atoms with Crippen molar-refractivity contribution < 1.29 is 14.3 Å². The van der Waals surface area contributed by atoms with Crippen molar-refractivity contribution in [1.29, 1.82) is 5.26 Å². The van der Waals surface area contributed by atoms with Crippen LogP contribution < -0.4 is 15.0 Å². The van der Waals surface area contributed by atoms with E-state index in [0.717, 1.165) is 5.56 Å². The largest absolute Gasteiger partial charge is 0.493 e. The van der Waals surface area contributed by atoms with E-state index in [-0.39, 0.29) is 12.0 Å². The summed E-state index contributed by atoms with van der Waals surface area (Å²) >= 11 is 0. The minimum absolute atomic E-state index is 0.125. The molecular formula is C12H14N2O3. The second-order valence-electron chi connectivity index (χ2n) is 3.76. The van der Waals surface area contributed by atoms with E-state index in [1.165, 1.54) is 0 Å². The molecule has 90 valence electrons. The molecule has 1 fully saturated rings. The van der Waals surface area contributed by atoms with Gasteiger partial charge in [-0.05, 0) is 17.7 Å². The predicted octanol–water partition coefficient (Wildman–Crippen LogP) is 1.42. The molecule has 5 nitrogen and oxygen atoms in total. The summed E-state index contributed by atoms with van der Waals surface area (Å²) in [5.74, 6) is 1.13. The first-order valence-electron chi connectivity index (χ1n) is 5.29. The van der Waals surface area contributed by atoms with Crippen LogP contribution in [0.25, 0.3) is 0 Å². The Labute approximate surface area is 99.9 Å².